The number of aromatic nitrogens is 2. The summed E-state index contributed by atoms with van der Waals surface area (Å²) in [5.74, 6) is -2.29. The predicted molar refractivity (Wildman–Crippen MR) is 161 cm³/mol. The maximum atomic E-state index is 15.3. The molecular formula is C30H30Cl2F5N5O2. The Bertz CT molecular complexity index is 1650. The largest absolute Gasteiger partial charge is 0.573 e. The summed E-state index contributed by atoms with van der Waals surface area (Å²) < 4.78 is 73.1. The lowest BCUT2D eigenvalue weighted by Crippen LogP contribution is -2.53. The molecule has 1 amide bonds. The first kappa shape index (κ1) is 33.1. The van der Waals surface area contributed by atoms with Gasteiger partial charge in [0, 0.05) is 44.5 Å². The van der Waals surface area contributed by atoms with E-state index in [4.69, 9.17) is 11.6 Å². The minimum atomic E-state index is -4.92. The highest BCUT2D eigenvalue weighted by molar-refractivity contribution is 6.30. The van der Waals surface area contributed by atoms with Crippen LogP contribution in [0, 0.1) is 11.6 Å². The fourth-order valence-electron chi connectivity index (χ4n) is 5.40. The lowest BCUT2D eigenvalue weighted by molar-refractivity contribution is -0.274. The summed E-state index contributed by atoms with van der Waals surface area (Å²) in [5.41, 5.74) is 2.69. The van der Waals surface area contributed by atoms with Crippen LogP contribution in [0.5, 0.6) is 5.75 Å². The lowest BCUT2D eigenvalue weighted by atomic mass is 10.1. The molecule has 5 rings (SSSR count). The molecule has 0 aliphatic carbocycles. The highest BCUT2D eigenvalue weighted by atomic mass is 35.5. The number of benzene rings is 2. The van der Waals surface area contributed by atoms with E-state index >= 15 is 4.39 Å². The van der Waals surface area contributed by atoms with Crippen LogP contribution in [0.1, 0.15) is 42.0 Å². The Hall–Kier alpha value is -3.77. The van der Waals surface area contributed by atoms with Gasteiger partial charge in [0.05, 0.1) is 22.1 Å². The minimum Gasteiger partial charge on any atom is -0.406 e. The van der Waals surface area contributed by atoms with Crippen molar-refractivity contribution in [2.45, 2.75) is 45.6 Å². The van der Waals surface area contributed by atoms with Crippen LogP contribution < -0.4 is 19.9 Å². The molecule has 0 radical (unpaired) electrons. The van der Waals surface area contributed by atoms with Crippen molar-refractivity contribution in [3.05, 3.63) is 88.3 Å². The summed E-state index contributed by atoms with van der Waals surface area (Å²) in [4.78, 5) is 21.2. The first-order chi connectivity index (χ1) is 20.5. The number of carbonyl (C=O) groups excluding carboxylic acids is 1. The van der Waals surface area contributed by atoms with E-state index in [1.54, 1.807) is 39.8 Å². The van der Waals surface area contributed by atoms with E-state index in [1.165, 1.54) is 12.1 Å². The third kappa shape index (κ3) is 7.13. The molecule has 7 nitrogen and oxygen atoms in total. The average Bonchev–Trinajstić information content (AvgIpc) is 3.33. The number of ether oxygens (including phenoxy) is 1. The van der Waals surface area contributed by atoms with Crippen molar-refractivity contribution >= 4 is 46.9 Å². The van der Waals surface area contributed by atoms with Crippen LogP contribution in [0.3, 0.4) is 0 Å². The molecule has 1 N–H and O–H groups in total. The summed E-state index contributed by atoms with van der Waals surface area (Å²) in [5, 5.41) is 3.30. The number of piperazine rings is 1. The highest BCUT2D eigenvalue weighted by Crippen LogP contribution is 2.32. The van der Waals surface area contributed by atoms with Gasteiger partial charge in [-0.05, 0) is 54.8 Å². The van der Waals surface area contributed by atoms with Gasteiger partial charge in [0.15, 0.2) is 0 Å². The number of pyridine rings is 1. The molecule has 0 spiro atoms. The Morgan fingerprint density at radius 3 is 2.43 bits per heavy atom. The molecule has 4 aromatic rings. The van der Waals surface area contributed by atoms with Gasteiger partial charge < -0.3 is 19.9 Å². The van der Waals surface area contributed by atoms with E-state index < -0.39 is 23.7 Å². The number of hydrogen-bond acceptors (Lipinski definition) is 5. The summed E-state index contributed by atoms with van der Waals surface area (Å²) in [6.45, 7) is 4.96. The zero-order chi connectivity index (χ0) is 30.9. The molecule has 1 saturated heterocycles. The van der Waals surface area contributed by atoms with Crippen LogP contribution in [-0.2, 0) is 13.0 Å². The average molecular weight is 658 g/mol. The van der Waals surface area contributed by atoms with E-state index in [0.717, 1.165) is 6.07 Å². The number of nitrogens with one attached hydrogen (secondary N) is 1. The predicted octanol–water partition coefficient (Wildman–Crippen LogP) is 7.18. The number of nitrogens with zero attached hydrogens (tertiary/aromatic N) is 4. The maximum absolute atomic E-state index is 15.3. The van der Waals surface area contributed by atoms with E-state index in [1.807, 2.05) is 18.7 Å². The van der Waals surface area contributed by atoms with Crippen LogP contribution >= 0.6 is 24.0 Å². The standard InChI is InChI=1S/C30H29ClF5N5O2.ClH/c1-3-20-17-39(11-12-40(20)26-9-7-21(14-23(26)33)43-30(34,35)36)25-8-5-18(13-22(25)32)15-37-29(42)28-24(4-2)38-27-10-6-19(31)16-41(27)28;/h5-10,13-14,16,20H,3-4,11-12,15,17H2,1-2H3,(H,37,42);1H/t20-;/m0./s1. The third-order valence-electron chi connectivity index (χ3n) is 7.43. The van der Waals surface area contributed by atoms with Gasteiger partial charge in [0.25, 0.3) is 5.91 Å². The van der Waals surface area contributed by atoms with Gasteiger partial charge in [-0.2, -0.15) is 0 Å². The van der Waals surface area contributed by atoms with Gasteiger partial charge in [-0.1, -0.05) is 31.5 Å². The Balaban J connectivity index is 0.00000442. The number of anilines is 2. The van der Waals surface area contributed by atoms with Crippen molar-refractivity contribution in [3.8, 4) is 5.75 Å². The molecule has 2 aromatic heterocycles. The Kier molecular flexibility index (Phi) is 10.1. The van der Waals surface area contributed by atoms with Crippen LogP contribution in [0.15, 0.2) is 54.7 Å². The van der Waals surface area contributed by atoms with Crippen LogP contribution in [0.25, 0.3) is 5.65 Å². The zero-order valence-corrected chi connectivity index (χ0v) is 25.4. The van der Waals surface area contributed by atoms with Crippen molar-refractivity contribution in [3.63, 3.8) is 0 Å². The van der Waals surface area contributed by atoms with Crippen molar-refractivity contribution < 1.29 is 31.5 Å². The molecule has 14 heteroatoms. The van der Waals surface area contributed by atoms with E-state index in [-0.39, 0.29) is 36.6 Å². The highest BCUT2D eigenvalue weighted by Gasteiger charge is 2.33. The summed E-state index contributed by atoms with van der Waals surface area (Å²) >= 11 is 6.12. The Morgan fingerprint density at radius 2 is 1.77 bits per heavy atom. The SMILES string of the molecule is CCc1nc2ccc(Cl)cn2c1C(=O)NCc1ccc(N2CCN(c3ccc(OC(F)(F)F)cc3F)[C@@H](CC)C2)c(F)c1.Cl. The second kappa shape index (κ2) is 13.5. The van der Waals surface area contributed by atoms with Gasteiger partial charge in [-0.25, -0.2) is 13.8 Å². The number of imidazole rings is 1. The Labute approximate surface area is 262 Å². The molecule has 1 aliphatic rings. The molecule has 2 aromatic carbocycles. The maximum Gasteiger partial charge on any atom is 0.573 e. The zero-order valence-electron chi connectivity index (χ0n) is 23.8. The molecule has 1 fully saturated rings. The van der Waals surface area contributed by atoms with Gasteiger partial charge in [0.1, 0.15) is 28.7 Å². The number of amides is 1. The molecule has 1 atom stereocenters. The van der Waals surface area contributed by atoms with Crippen molar-refractivity contribution in [1.29, 1.82) is 0 Å². The quantitative estimate of drug-likeness (QED) is 0.203. The number of carbonyl (C=O) groups is 1. The van der Waals surface area contributed by atoms with E-state index in [2.05, 4.69) is 15.0 Å². The normalized spacial score (nSPS) is 15.3. The van der Waals surface area contributed by atoms with Crippen molar-refractivity contribution in [2.24, 2.45) is 0 Å². The van der Waals surface area contributed by atoms with Crippen molar-refractivity contribution in [2.75, 3.05) is 29.4 Å². The monoisotopic (exact) mass is 657 g/mol. The number of alkyl halides is 3. The minimum absolute atomic E-state index is 0. The lowest BCUT2D eigenvalue weighted by Gasteiger charge is -2.43. The third-order valence-corrected chi connectivity index (χ3v) is 7.65. The van der Waals surface area contributed by atoms with E-state index in [0.29, 0.717) is 71.9 Å². The first-order valence-electron chi connectivity index (χ1n) is 13.8. The topological polar surface area (TPSA) is 62.1 Å². The second-order valence-corrected chi connectivity index (χ2v) is 10.6. The number of fused-ring (bicyclic) bond motifs is 1. The number of halogens is 7. The smallest absolute Gasteiger partial charge is 0.406 e. The summed E-state index contributed by atoms with van der Waals surface area (Å²) in [6.07, 6.45) is -2.15. The van der Waals surface area contributed by atoms with Gasteiger partial charge >= 0.3 is 6.36 Å². The van der Waals surface area contributed by atoms with Gasteiger partial charge in [-0.15, -0.1) is 25.6 Å². The molecule has 0 saturated carbocycles. The van der Waals surface area contributed by atoms with Crippen LogP contribution in [0.4, 0.5) is 33.3 Å². The fourth-order valence-corrected chi connectivity index (χ4v) is 5.56. The molecular weight excluding hydrogens is 628 g/mol. The number of aryl methyl sites for hydroxylation is 1. The summed E-state index contributed by atoms with van der Waals surface area (Å²) in [6, 6.07) is 11.0. The molecule has 0 unspecified atom stereocenters. The number of rotatable bonds is 8. The van der Waals surface area contributed by atoms with Crippen LogP contribution in [0.2, 0.25) is 5.02 Å². The Morgan fingerprint density at radius 1 is 1.05 bits per heavy atom. The van der Waals surface area contributed by atoms with Gasteiger partial charge in [-0.3, -0.25) is 9.20 Å². The van der Waals surface area contributed by atoms with Gasteiger partial charge in [0.2, 0.25) is 0 Å². The van der Waals surface area contributed by atoms with Crippen LogP contribution in [-0.4, -0.2) is 47.3 Å². The molecule has 0 bridgehead atoms. The molecule has 44 heavy (non-hydrogen) atoms. The fraction of sp³-hybridized carbons (Fsp3) is 0.333. The second-order valence-electron chi connectivity index (χ2n) is 10.2. The summed E-state index contributed by atoms with van der Waals surface area (Å²) in [7, 11) is 0. The number of hydrogen-bond donors (Lipinski definition) is 1. The van der Waals surface area contributed by atoms with E-state index in [9.17, 15) is 22.4 Å². The molecule has 1 aliphatic heterocycles. The molecule has 3 heterocycles. The molecule has 236 valence electrons. The first-order valence-corrected chi connectivity index (χ1v) is 14.1. The van der Waals surface area contributed by atoms with Crippen molar-refractivity contribution in [1.82, 2.24) is 14.7 Å².